The van der Waals surface area contributed by atoms with Crippen LogP contribution >= 0.6 is 27.5 Å². The second kappa shape index (κ2) is 4.94. The maximum atomic E-state index is 5.91. The molecule has 0 N–H and O–H groups in total. The van der Waals surface area contributed by atoms with E-state index in [1.54, 1.807) is 4.68 Å². The molecule has 0 amide bonds. The Bertz CT molecular complexity index is 734. The van der Waals surface area contributed by atoms with Crippen LogP contribution in [0.25, 0.3) is 11.0 Å². The fraction of sp³-hybridized carbons (Fsp3) is 0.143. The van der Waals surface area contributed by atoms with Gasteiger partial charge in [0.25, 0.3) is 0 Å². The van der Waals surface area contributed by atoms with Gasteiger partial charge in [-0.15, -0.1) is 5.10 Å². The van der Waals surface area contributed by atoms with Gasteiger partial charge in [0.05, 0.1) is 5.52 Å². The van der Waals surface area contributed by atoms with Crippen LogP contribution in [-0.2, 0) is 13.5 Å². The van der Waals surface area contributed by atoms with E-state index in [0.29, 0.717) is 0 Å². The van der Waals surface area contributed by atoms with Crippen molar-refractivity contribution in [2.24, 2.45) is 7.05 Å². The summed E-state index contributed by atoms with van der Waals surface area (Å²) in [5, 5.41) is 9.07. The average Bonchev–Trinajstić information content (AvgIpc) is 2.74. The van der Waals surface area contributed by atoms with Crippen LogP contribution in [0.1, 0.15) is 11.1 Å². The Labute approximate surface area is 124 Å². The molecular weight excluding hydrogens is 326 g/mol. The highest BCUT2D eigenvalue weighted by Crippen LogP contribution is 2.24. The molecule has 96 valence electrons. The minimum atomic E-state index is 0.752. The maximum Gasteiger partial charge on any atom is 0.116 e. The van der Waals surface area contributed by atoms with Gasteiger partial charge in [-0.3, -0.25) is 0 Å². The predicted molar refractivity (Wildman–Crippen MR) is 80.5 cm³/mol. The van der Waals surface area contributed by atoms with E-state index in [2.05, 4.69) is 32.3 Å². The molecule has 0 aliphatic rings. The third-order valence-corrected chi connectivity index (χ3v) is 3.78. The second-order valence-electron chi connectivity index (χ2n) is 4.45. The minimum Gasteiger partial charge on any atom is -0.248 e. The quantitative estimate of drug-likeness (QED) is 0.709. The number of hydrogen-bond acceptors (Lipinski definition) is 2. The summed E-state index contributed by atoms with van der Waals surface area (Å²) in [6.07, 6.45) is 0.811. The van der Waals surface area contributed by atoms with Crippen LogP contribution in [0.5, 0.6) is 0 Å². The first kappa shape index (κ1) is 12.6. The van der Waals surface area contributed by atoms with Crippen molar-refractivity contribution < 1.29 is 0 Å². The average molecular weight is 337 g/mol. The first-order valence-electron chi connectivity index (χ1n) is 5.86. The Kier molecular flexibility index (Phi) is 3.29. The summed E-state index contributed by atoms with van der Waals surface area (Å²) in [7, 11) is 1.90. The Morgan fingerprint density at radius 1 is 1.21 bits per heavy atom. The lowest BCUT2D eigenvalue weighted by molar-refractivity contribution is 0.736. The summed E-state index contributed by atoms with van der Waals surface area (Å²) in [5.74, 6) is 0. The molecule has 5 heteroatoms. The van der Waals surface area contributed by atoms with Gasteiger partial charge in [-0.2, -0.15) is 0 Å². The van der Waals surface area contributed by atoms with Crippen molar-refractivity contribution in [2.75, 3.05) is 0 Å². The van der Waals surface area contributed by atoms with Crippen molar-refractivity contribution in [1.82, 2.24) is 15.0 Å². The van der Waals surface area contributed by atoms with Crippen LogP contribution in [0.15, 0.2) is 40.9 Å². The number of fused-ring (bicyclic) bond motifs is 1. The van der Waals surface area contributed by atoms with Crippen LogP contribution in [0, 0.1) is 0 Å². The van der Waals surface area contributed by atoms with Gasteiger partial charge in [0, 0.05) is 16.5 Å². The number of benzene rings is 2. The molecule has 0 radical (unpaired) electrons. The van der Waals surface area contributed by atoms with E-state index in [4.69, 9.17) is 11.6 Å². The largest absolute Gasteiger partial charge is 0.248 e. The number of nitrogens with zero attached hydrogens (tertiary/aromatic N) is 3. The predicted octanol–water partition coefficient (Wildman–Crippen LogP) is 3.98. The lowest BCUT2D eigenvalue weighted by Crippen LogP contribution is -1.92. The molecule has 0 aliphatic carbocycles. The Morgan fingerprint density at radius 2 is 1.95 bits per heavy atom. The standard InChI is InChI=1S/C14H11BrClN3/c1-19-13-8-11(15)7-10(14(13)17-18-19)6-9-2-4-12(16)5-3-9/h2-5,7-8H,6H2,1H3. The zero-order chi connectivity index (χ0) is 13.4. The van der Waals surface area contributed by atoms with Gasteiger partial charge in [0.2, 0.25) is 0 Å². The van der Waals surface area contributed by atoms with Gasteiger partial charge in [-0.05, 0) is 41.8 Å². The summed E-state index contributed by atoms with van der Waals surface area (Å²) in [4.78, 5) is 0. The van der Waals surface area contributed by atoms with Crippen molar-refractivity contribution in [3.8, 4) is 0 Å². The molecule has 0 spiro atoms. The molecule has 0 saturated carbocycles. The highest BCUT2D eigenvalue weighted by atomic mass is 79.9. The van der Waals surface area contributed by atoms with Crippen LogP contribution < -0.4 is 0 Å². The normalized spacial score (nSPS) is 11.1. The summed E-state index contributed by atoms with van der Waals surface area (Å²) in [6.45, 7) is 0. The molecule has 0 fully saturated rings. The summed E-state index contributed by atoms with van der Waals surface area (Å²) in [5.41, 5.74) is 4.33. The number of rotatable bonds is 2. The number of aryl methyl sites for hydroxylation is 1. The smallest absolute Gasteiger partial charge is 0.116 e. The van der Waals surface area contributed by atoms with Gasteiger partial charge < -0.3 is 0 Å². The first-order valence-corrected chi connectivity index (χ1v) is 7.03. The zero-order valence-corrected chi connectivity index (χ0v) is 12.6. The molecule has 1 heterocycles. The van der Waals surface area contributed by atoms with Gasteiger partial charge in [0.1, 0.15) is 5.52 Å². The van der Waals surface area contributed by atoms with Crippen LogP contribution in [-0.4, -0.2) is 15.0 Å². The van der Waals surface area contributed by atoms with Gasteiger partial charge in [-0.25, -0.2) is 4.68 Å². The SMILES string of the molecule is Cn1nnc2c(Cc3ccc(Cl)cc3)cc(Br)cc21. The summed E-state index contributed by atoms with van der Waals surface area (Å²) < 4.78 is 2.82. The van der Waals surface area contributed by atoms with E-state index in [1.807, 2.05) is 37.4 Å². The van der Waals surface area contributed by atoms with Crippen molar-refractivity contribution in [3.05, 3.63) is 57.0 Å². The fourth-order valence-corrected chi connectivity index (χ4v) is 2.74. The number of aromatic nitrogens is 3. The third-order valence-electron chi connectivity index (χ3n) is 3.07. The topological polar surface area (TPSA) is 30.7 Å². The molecule has 0 atom stereocenters. The van der Waals surface area contributed by atoms with Crippen molar-refractivity contribution in [2.45, 2.75) is 6.42 Å². The van der Waals surface area contributed by atoms with E-state index >= 15 is 0 Å². The summed E-state index contributed by atoms with van der Waals surface area (Å²) >= 11 is 9.44. The maximum absolute atomic E-state index is 5.91. The molecule has 19 heavy (non-hydrogen) atoms. The van der Waals surface area contributed by atoms with Crippen LogP contribution in [0.3, 0.4) is 0 Å². The Hall–Kier alpha value is -1.39. The molecule has 0 unspecified atom stereocenters. The molecule has 0 bridgehead atoms. The van der Waals surface area contributed by atoms with Gasteiger partial charge in [-0.1, -0.05) is 44.9 Å². The van der Waals surface area contributed by atoms with Crippen molar-refractivity contribution in [3.63, 3.8) is 0 Å². The van der Waals surface area contributed by atoms with E-state index in [9.17, 15) is 0 Å². The first-order chi connectivity index (χ1) is 9.13. The van der Waals surface area contributed by atoms with Crippen LogP contribution in [0.4, 0.5) is 0 Å². The summed E-state index contributed by atoms with van der Waals surface area (Å²) in [6, 6.07) is 12.0. The number of hydrogen-bond donors (Lipinski definition) is 0. The highest BCUT2D eigenvalue weighted by Gasteiger charge is 2.09. The lowest BCUT2D eigenvalue weighted by atomic mass is 10.0. The van der Waals surface area contributed by atoms with E-state index in [-0.39, 0.29) is 0 Å². The molecule has 3 rings (SSSR count). The lowest BCUT2D eigenvalue weighted by Gasteiger charge is -2.04. The van der Waals surface area contributed by atoms with E-state index in [0.717, 1.165) is 32.5 Å². The Balaban J connectivity index is 2.07. The van der Waals surface area contributed by atoms with Gasteiger partial charge in [0.15, 0.2) is 0 Å². The molecule has 0 saturated heterocycles. The van der Waals surface area contributed by atoms with E-state index in [1.165, 1.54) is 5.56 Å². The van der Waals surface area contributed by atoms with Crippen molar-refractivity contribution >= 4 is 38.6 Å². The van der Waals surface area contributed by atoms with E-state index < -0.39 is 0 Å². The second-order valence-corrected chi connectivity index (χ2v) is 5.80. The molecule has 3 aromatic rings. The molecule has 2 aromatic carbocycles. The Morgan fingerprint density at radius 3 is 2.68 bits per heavy atom. The monoisotopic (exact) mass is 335 g/mol. The molecule has 1 aromatic heterocycles. The third kappa shape index (κ3) is 2.51. The zero-order valence-electron chi connectivity index (χ0n) is 10.3. The molecular formula is C14H11BrClN3. The fourth-order valence-electron chi connectivity index (χ4n) is 2.12. The molecule has 0 aliphatic heterocycles. The highest BCUT2D eigenvalue weighted by molar-refractivity contribution is 9.10. The molecule has 3 nitrogen and oxygen atoms in total. The van der Waals surface area contributed by atoms with Crippen molar-refractivity contribution in [1.29, 1.82) is 0 Å². The van der Waals surface area contributed by atoms with Crippen LogP contribution in [0.2, 0.25) is 5.02 Å². The minimum absolute atomic E-state index is 0.752. The number of halogens is 2. The van der Waals surface area contributed by atoms with Gasteiger partial charge >= 0.3 is 0 Å².